The number of aromatic nitrogens is 4. The van der Waals surface area contributed by atoms with E-state index in [-0.39, 0.29) is 11.8 Å². The van der Waals surface area contributed by atoms with E-state index in [9.17, 15) is 9.59 Å². The third-order valence-corrected chi connectivity index (χ3v) is 5.08. The van der Waals surface area contributed by atoms with Gasteiger partial charge in [0.1, 0.15) is 11.4 Å². The van der Waals surface area contributed by atoms with Crippen molar-refractivity contribution in [2.75, 3.05) is 33.9 Å². The second kappa shape index (κ2) is 9.00. The summed E-state index contributed by atoms with van der Waals surface area (Å²) in [6.07, 6.45) is 0. The van der Waals surface area contributed by atoms with Crippen LogP contribution in [0.4, 0.5) is 0 Å². The Morgan fingerprint density at radius 3 is 2.87 bits per heavy atom. The van der Waals surface area contributed by atoms with Gasteiger partial charge in [0.15, 0.2) is 5.69 Å². The summed E-state index contributed by atoms with van der Waals surface area (Å²) in [6.45, 7) is 2.22. The molecule has 0 atom stereocenters. The molecule has 1 aliphatic rings. The fourth-order valence-electron chi connectivity index (χ4n) is 3.44. The summed E-state index contributed by atoms with van der Waals surface area (Å²) in [5.41, 5.74) is 3.07. The number of hydrogen-bond acceptors (Lipinski definition) is 6. The molecular weight excluding hydrogens is 400 g/mol. The lowest BCUT2D eigenvalue weighted by molar-refractivity contribution is 0.0699. The van der Waals surface area contributed by atoms with Crippen LogP contribution in [0.1, 0.15) is 26.7 Å². The topological polar surface area (TPSA) is 114 Å². The summed E-state index contributed by atoms with van der Waals surface area (Å²) >= 11 is 0. The highest BCUT2D eigenvalue weighted by Gasteiger charge is 2.26. The van der Waals surface area contributed by atoms with Crippen LogP contribution < -0.4 is 10.1 Å². The molecule has 0 aliphatic carbocycles. The number of rotatable bonds is 7. The third kappa shape index (κ3) is 4.43. The van der Waals surface area contributed by atoms with Gasteiger partial charge in [0, 0.05) is 25.8 Å². The maximum atomic E-state index is 13.0. The lowest BCUT2D eigenvalue weighted by atomic mass is 10.1. The molecule has 4 rings (SSSR count). The molecule has 31 heavy (non-hydrogen) atoms. The van der Waals surface area contributed by atoms with Crippen molar-refractivity contribution in [2.45, 2.75) is 13.1 Å². The smallest absolute Gasteiger partial charge is 0.272 e. The Kier molecular flexibility index (Phi) is 5.99. The zero-order valence-electron chi connectivity index (χ0n) is 17.4. The second-order valence-electron chi connectivity index (χ2n) is 7.12. The van der Waals surface area contributed by atoms with Gasteiger partial charge in [0.25, 0.3) is 11.8 Å². The molecule has 2 aromatic heterocycles. The molecule has 1 aromatic carbocycles. The molecule has 0 saturated heterocycles. The average molecular weight is 424 g/mol. The predicted octanol–water partition coefficient (Wildman–Crippen LogP) is 1.31. The first-order valence-corrected chi connectivity index (χ1v) is 9.92. The average Bonchev–Trinajstić information content (AvgIpc) is 3.46. The molecule has 2 N–H and O–H groups in total. The first kappa shape index (κ1) is 20.6. The van der Waals surface area contributed by atoms with Gasteiger partial charge in [-0.05, 0) is 24.3 Å². The number of amides is 2. The largest absolute Gasteiger partial charge is 0.497 e. The fourth-order valence-corrected chi connectivity index (χ4v) is 3.44. The van der Waals surface area contributed by atoms with E-state index in [4.69, 9.17) is 9.47 Å². The number of aromatic amines is 1. The SMILES string of the molecule is COCCNC(=O)c1cc2n(n1)CCN(C(=O)c1cc(-c3cccc(OC)c3)n[nH]1)C2. The van der Waals surface area contributed by atoms with Crippen LogP contribution in [0.15, 0.2) is 36.4 Å². The quantitative estimate of drug-likeness (QED) is 0.553. The minimum atomic E-state index is -0.256. The summed E-state index contributed by atoms with van der Waals surface area (Å²) in [6, 6.07) is 11.0. The van der Waals surface area contributed by atoms with E-state index in [2.05, 4.69) is 20.6 Å². The van der Waals surface area contributed by atoms with Gasteiger partial charge in [0.2, 0.25) is 0 Å². The van der Waals surface area contributed by atoms with E-state index in [1.54, 1.807) is 35.9 Å². The van der Waals surface area contributed by atoms with Gasteiger partial charge < -0.3 is 19.7 Å². The van der Waals surface area contributed by atoms with Crippen LogP contribution in [-0.2, 0) is 17.8 Å². The van der Waals surface area contributed by atoms with Crippen molar-refractivity contribution in [3.8, 4) is 17.0 Å². The van der Waals surface area contributed by atoms with Crippen LogP contribution in [0.5, 0.6) is 5.75 Å². The highest BCUT2D eigenvalue weighted by molar-refractivity contribution is 5.94. The zero-order valence-corrected chi connectivity index (χ0v) is 17.4. The molecule has 10 nitrogen and oxygen atoms in total. The van der Waals surface area contributed by atoms with Crippen molar-refractivity contribution < 1.29 is 19.1 Å². The standard InChI is InChI=1S/C21H24N6O4/c1-30-9-6-22-20(28)18-11-15-13-26(7-8-27(15)25-18)21(29)19-12-17(23-24-19)14-4-3-5-16(10-14)31-2/h3-5,10-12H,6-9,13H2,1-2H3,(H,22,28)(H,23,24). The monoisotopic (exact) mass is 424 g/mol. The molecule has 0 spiro atoms. The van der Waals surface area contributed by atoms with E-state index < -0.39 is 0 Å². The Bertz CT molecular complexity index is 1090. The van der Waals surface area contributed by atoms with Crippen molar-refractivity contribution in [3.05, 3.63) is 53.5 Å². The minimum Gasteiger partial charge on any atom is -0.497 e. The maximum Gasteiger partial charge on any atom is 0.272 e. The Morgan fingerprint density at radius 1 is 1.19 bits per heavy atom. The van der Waals surface area contributed by atoms with Crippen LogP contribution in [0, 0.1) is 0 Å². The van der Waals surface area contributed by atoms with Crippen LogP contribution in [0.25, 0.3) is 11.3 Å². The molecule has 3 aromatic rings. The zero-order chi connectivity index (χ0) is 21.8. The first-order chi connectivity index (χ1) is 15.1. The van der Waals surface area contributed by atoms with E-state index >= 15 is 0 Å². The number of methoxy groups -OCH3 is 2. The Hall–Kier alpha value is -3.66. The van der Waals surface area contributed by atoms with Gasteiger partial charge >= 0.3 is 0 Å². The second-order valence-corrected chi connectivity index (χ2v) is 7.12. The Morgan fingerprint density at radius 2 is 2.06 bits per heavy atom. The number of carbonyl (C=O) groups excluding carboxylic acids is 2. The van der Waals surface area contributed by atoms with Crippen molar-refractivity contribution in [2.24, 2.45) is 0 Å². The van der Waals surface area contributed by atoms with E-state index in [0.29, 0.717) is 49.9 Å². The Balaban J connectivity index is 1.44. The highest BCUT2D eigenvalue weighted by atomic mass is 16.5. The molecule has 162 valence electrons. The molecular formula is C21H24N6O4. The third-order valence-electron chi connectivity index (χ3n) is 5.08. The summed E-state index contributed by atoms with van der Waals surface area (Å²) in [5, 5.41) is 14.2. The summed E-state index contributed by atoms with van der Waals surface area (Å²) < 4.78 is 12.0. The number of H-pyrrole nitrogens is 1. The number of nitrogens with one attached hydrogen (secondary N) is 2. The van der Waals surface area contributed by atoms with Gasteiger partial charge in [-0.25, -0.2) is 0 Å². The van der Waals surface area contributed by atoms with E-state index in [0.717, 1.165) is 17.0 Å². The molecule has 3 heterocycles. The molecule has 1 aliphatic heterocycles. The van der Waals surface area contributed by atoms with E-state index in [1.165, 1.54) is 0 Å². The molecule has 0 fully saturated rings. The van der Waals surface area contributed by atoms with Gasteiger partial charge in [-0.1, -0.05) is 12.1 Å². The predicted molar refractivity (Wildman–Crippen MR) is 112 cm³/mol. The number of carbonyl (C=O) groups is 2. The van der Waals surface area contributed by atoms with Crippen LogP contribution in [0.3, 0.4) is 0 Å². The fraction of sp³-hybridized carbons (Fsp3) is 0.333. The number of fused-ring (bicyclic) bond motifs is 1. The molecule has 0 bridgehead atoms. The van der Waals surface area contributed by atoms with Crippen molar-refractivity contribution in [3.63, 3.8) is 0 Å². The van der Waals surface area contributed by atoms with Crippen LogP contribution in [0.2, 0.25) is 0 Å². The molecule has 10 heteroatoms. The van der Waals surface area contributed by atoms with Crippen LogP contribution in [-0.4, -0.2) is 70.6 Å². The number of hydrogen-bond donors (Lipinski definition) is 2. The summed E-state index contributed by atoms with van der Waals surface area (Å²) in [7, 11) is 3.18. The van der Waals surface area contributed by atoms with Gasteiger partial charge in [-0.2, -0.15) is 10.2 Å². The summed E-state index contributed by atoms with van der Waals surface area (Å²) in [4.78, 5) is 26.9. The molecule has 2 amide bonds. The number of benzene rings is 1. The van der Waals surface area contributed by atoms with Crippen molar-refractivity contribution >= 4 is 11.8 Å². The Labute approximate surface area is 179 Å². The summed E-state index contributed by atoms with van der Waals surface area (Å²) in [5.74, 6) is 0.313. The normalized spacial score (nSPS) is 13.0. The lowest BCUT2D eigenvalue weighted by Gasteiger charge is -2.27. The van der Waals surface area contributed by atoms with Gasteiger partial charge in [0.05, 0.1) is 38.2 Å². The maximum absolute atomic E-state index is 13.0. The minimum absolute atomic E-state index is 0.153. The molecule has 0 saturated carbocycles. The highest BCUT2D eigenvalue weighted by Crippen LogP contribution is 2.23. The van der Waals surface area contributed by atoms with Crippen molar-refractivity contribution in [1.29, 1.82) is 0 Å². The van der Waals surface area contributed by atoms with Gasteiger partial charge in [-0.3, -0.25) is 19.4 Å². The number of nitrogens with zero attached hydrogens (tertiary/aromatic N) is 4. The van der Waals surface area contributed by atoms with E-state index in [1.807, 2.05) is 24.3 Å². The lowest BCUT2D eigenvalue weighted by Crippen LogP contribution is -2.38. The number of ether oxygens (including phenoxy) is 2. The molecule has 0 unspecified atom stereocenters. The van der Waals surface area contributed by atoms with Gasteiger partial charge in [-0.15, -0.1) is 0 Å². The molecule has 0 radical (unpaired) electrons. The van der Waals surface area contributed by atoms with Crippen molar-refractivity contribution in [1.82, 2.24) is 30.2 Å². The first-order valence-electron chi connectivity index (χ1n) is 9.92. The van der Waals surface area contributed by atoms with Crippen LogP contribution >= 0.6 is 0 Å².